The van der Waals surface area contributed by atoms with Gasteiger partial charge in [0.1, 0.15) is 11.4 Å². The highest BCUT2D eigenvalue weighted by atomic mass is 32.2. The molecule has 34 heavy (non-hydrogen) atoms. The van der Waals surface area contributed by atoms with Crippen LogP contribution >= 0.6 is 0 Å². The molecule has 1 aromatic carbocycles. The van der Waals surface area contributed by atoms with Gasteiger partial charge in [-0.1, -0.05) is 30.4 Å². The molecule has 0 saturated heterocycles. The third-order valence-electron chi connectivity index (χ3n) is 4.69. The van der Waals surface area contributed by atoms with Crippen molar-refractivity contribution in [2.24, 2.45) is 0 Å². The van der Waals surface area contributed by atoms with Gasteiger partial charge in [0.25, 0.3) is 0 Å². The second kappa shape index (κ2) is 10.2. The van der Waals surface area contributed by atoms with Gasteiger partial charge in [0.15, 0.2) is 0 Å². The van der Waals surface area contributed by atoms with Gasteiger partial charge in [0.05, 0.1) is 18.0 Å². The molecule has 3 aromatic rings. The molecule has 0 saturated carbocycles. The van der Waals surface area contributed by atoms with E-state index in [0.717, 1.165) is 9.54 Å². The summed E-state index contributed by atoms with van der Waals surface area (Å²) in [6, 6.07) is 10.9. The molecule has 0 spiro atoms. The number of halogens is 1. The molecule has 0 aliphatic heterocycles. The number of pyridine rings is 1. The fourth-order valence-electron chi connectivity index (χ4n) is 3.21. The van der Waals surface area contributed by atoms with Crippen molar-refractivity contribution in [1.29, 1.82) is 0 Å². The molecule has 0 aliphatic carbocycles. The lowest BCUT2D eigenvalue weighted by Crippen LogP contribution is -2.33. The number of carbonyl (C=O) groups is 1. The summed E-state index contributed by atoms with van der Waals surface area (Å²) >= 11 is 0. The van der Waals surface area contributed by atoms with E-state index < -0.39 is 27.5 Å². The Balaban J connectivity index is 1.92. The fourth-order valence-corrected chi connectivity index (χ4v) is 4.46. The fraction of sp³-hybridized carbons (Fsp3) is 0.280. The van der Waals surface area contributed by atoms with E-state index in [0.29, 0.717) is 16.8 Å². The Morgan fingerprint density at radius 2 is 1.97 bits per heavy atom. The Hall–Kier alpha value is -3.46. The lowest BCUT2D eigenvalue weighted by Gasteiger charge is -2.24. The molecule has 0 aliphatic rings. The number of hydrogen-bond acceptors (Lipinski definition) is 5. The topological polar surface area (TPSA) is 81.5 Å². The van der Waals surface area contributed by atoms with Crippen LogP contribution in [0.25, 0.3) is 17.3 Å². The van der Waals surface area contributed by atoms with E-state index in [-0.39, 0.29) is 12.3 Å². The largest absolute Gasteiger partial charge is 0.444 e. The highest BCUT2D eigenvalue weighted by molar-refractivity contribution is 7.90. The number of carbonyl (C=O) groups excluding carboxylic acids is 1. The molecule has 7 nitrogen and oxygen atoms in total. The number of ether oxygens (including phenoxy) is 1. The lowest BCUT2D eigenvalue weighted by molar-refractivity contribution is 0.0285. The molecule has 1 amide bonds. The molecular weight excluding hydrogens is 457 g/mol. The molecule has 0 unspecified atom stereocenters. The Morgan fingerprint density at radius 1 is 1.21 bits per heavy atom. The lowest BCUT2D eigenvalue weighted by atomic mass is 10.1. The average Bonchev–Trinajstić information content (AvgIpc) is 3.18. The van der Waals surface area contributed by atoms with Crippen LogP contribution in [0.3, 0.4) is 0 Å². The second-order valence-electron chi connectivity index (χ2n) is 8.84. The van der Waals surface area contributed by atoms with Crippen LogP contribution in [0.2, 0.25) is 0 Å². The van der Waals surface area contributed by atoms with Crippen LogP contribution in [0.5, 0.6) is 0 Å². The maximum Gasteiger partial charge on any atom is 0.410 e. The Labute approximate surface area is 199 Å². The first-order chi connectivity index (χ1) is 15.9. The van der Waals surface area contributed by atoms with E-state index in [1.165, 1.54) is 35.4 Å². The van der Waals surface area contributed by atoms with E-state index in [2.05, 4.69) is 4.98 Å². The van der Waals surface area contributed by atoms with Crippen molar-refractivity contribution in [2.45, 2.75) is 32.9 Å². The minimum atomic E-state index is -3.83. The smallest absolute Gasteiger partial charge is 0.410 e. The van der Waals surface area contributed by atoms with Crippen LogP contribution in [-0.4, -0.2) is 46.8 Å². The number of hydrogen-bond donors (Lipinski definition) is 0. The molecule has 0 fully saturated rings. The molecule has 3 rings (SSSR count). The first-order valence-electron chi connectivity index (χ1n) is 10.7. The quantitative estimate of drug-likeness (QED) is 0.473. The first-order valence-corrected chi connectivity index (χ1v) is 12.3. The van der Waals surface area contributed by atoms with Crippen molar-refractivity contribution in [3.05, 3.63) is 84.1 Å². The minimum absolute atomic E-state index is 0.116. The number of amides is 1. The Bertz CT molecular complexity index is 1280. The van der Waals surface area contributed by atoms with Gasteiger partial charge in [-0.2, -0.15) is 0 Å². The predicted octanol–water partition coefficient (Wildman–Crippen LogP) is 4.95. The molecule has 9 heteroatoms. The summed E-state index contributed by atoms with van der Waals surface area (Å²) in [5, 5.41) is 0. The SMILES string of the molecule is CN(Cc1cc(-c2cccc(F)c2)n(S(=O)(=O)CC=Cc2cccnc2)c1)C(=O)OC(C)(C)C. The number of aromatic nitrogens is 2. The summed E-state index contributed by atoms with van der Waals surface area (Å²) in [7, 11) is -2.27. The zero-order valence-corrected chi connectivity index (χ0v) is 20.4. The molecule has 0 bridgehead atoms. The first kappa shape index (κ1) is 25.2. The van der Waals surface area contributed by atoms with Gasteiger partial charge in [-0.25, -0.2) is 21.6 Å². The molecule has 2 aromatic heterocycles. The summed E-state index contributed by atoms with van der Waals surface area (Å²) in [5.41, 5.74) is 1.39. The van der Waals surface area contributed by atoms with Crippen LogP contribution in [0.4, 0.5) is 9.18 Å². The average molecular weight is 486 g/mol. The number of nitrogens with zero attached hydrogens (tertiary/aromatic N) is 3. The van der Waals surface area contributed by atoms with E-state index in [9.17, 15) is 17.6 Å². The maximum atomic E-state index is 13.9. The molecule has 180 valence electrons. The van der Waals surface area contributed by atoms with E-state index in [4.69, 9.17) is 4.74 Å². The Morgan fingerprint density at radius 3 is 2.62 bits per heavy atom. The Kier molecular flexibility index (Phi) is 7.56. The molecule has 0 atom stereocenters. The zero-order chi connectivity index (χ0) is 24.9. The van der Waals surface area contributed by atoms with E-state index in [1.807, 2.05) is 6.07 Å². The van der Waals surface area contributed by atoms with Crippen LogP contribution in [-0.2, 0) is 21.3 Å². The summed E-state index contributed by atoms with van der Waals surface area (Å²) in [4.78, 5) is 17.7. The van der Waals surface area contributed by atoms with Gasteiger partial charge in [0.2, 0.25) is 10.0 Å². The molecular formula is C25H28FN3O4S. The van der Waals surface area contributed by atoms with Crippen molar-refractivity contribution in [3.63, 3.8) is 0 Å². The minimum Gasteiger partial charge on any atom is -0.444 e. The molecule has 0 N–H and O–H groups in total. The third-order valence-corrected chi connectivity index (χ3v) is 6.20. The van der Waals surface area contributed by atoms with Crippen LogP contribution < -0.4 is 0 Å². The normalized spacial score (nSPS) is 12.1. The van der Waals surface area contributed by atoms with Crippen LogP contribution in [0, 0.1) is 5.82 Å². The molecule has 2 heterocycles. The van der Waals surface area contributed by atoms with Crippen molar-refractivity contribution < 1.29 is 22.3 Å². The highest BCUT2D eigenvalue weighted by Gasteiger charge is 2.23. The summed E-state index contributed by atoms with van der Waals surface area (Å²) in [6.45, 7) is 5.42. The van der Waals surface area contributed by atoms with Crippen molar-refractivity contribution in [2.75, 3.05) is 12.8 Å². The third kappa shape index (κ3) is 6.77. The zero-order valence-electron chi connectivity index (χ0n) is 19.6. The van der Waals surface area contributed by atoms with Gasteiger partial charge >= 0.3 is 6.09 Å². The van der Waals surface area contributed by atoms with Gasteiger partial charge < -0.3 is 9.64 Å². The predicted molar refractivity (Wildman–Crippen MR) is 130 cm³/mol. The van der Waals surface area contributed by atoms with Gasteiger partial charge in [-0.05, 0) is 56.2 Å². The second-order valence-corrected chi connectivity index (χ2v) is 10.7. The standard InChI is InChI=1S/C25H28FN3O4S/c1-25(2,3)33-24(30)28(4)17-20-14-23(21-10-5-11-22(26)15-21)29(18-20)34(31,32)13-7-9-19-8-6-12-27-16-19/h5-12,14-16,18H,13,17H2,1-4H3. The van der Waals surface area contributed by atoms with Gasteiger partial charge in [-0.3, -0.25) is 4.98 Å². The van der Waals surface area contributed by atoms with Crippen molar-refractivity contribution in [3.8, 4) is 11.3 Å². The summed E-state index contributed by atoms with van der Waals surface area (Å²) < 4.78 is 46.8. The van der Waals surface area contributed by atoms with Crippen molar-refractivity contribution in [1.82, 2.24) is 13.9 Å². The maximum absolute atomic E-state index is 13.9. The van der Waals surface area contributed by atoms with Crippen LogP contribution in [0.1, 0.15) is 31.9 Å². The summed E-state index contributed by atoms with van der Waals surface area (Å²) in [6.07, 6.45) is 7.39. The monoisotopic (exact) mass is 485 g/mol. The summed E-state index contributed by atoms with van der Waals surface area (Å²) in [5.74, 6) is -0.758. The van der Waals surface area contributed by atoms with Crippen molar-refractivity contribution >= 4 is 22.2 Å². The number of rotatable bonds is 7. The highest BCUT2D eigenvalue weighted by Crippen LogP contribution is 2.26. The van der Waals surface area contributed by atoms with Gasteiger partial charge in [0, 0.05) is 31.2 Å². The van der Waals surface area contributed by atoms with E-state index >= 15 is 0 Å². The molecule has 0 radical (unpaired) electrons. The van der Waals surface area contributed by atoms with Crippen LogP contribution in [0.15, 0.2) is 67.1 Å². The number of benzene rings is 1. The van der Waals surface area contributed by atoms with Gasteiger partial charge in [-0.15, -0.1) is 0 Å². The van der Waals surface area contributed by atoms with E-state index in [1.54, 1.807) is 64.5 Å².